The highest BCUT2D eigenvalue weighted by atomic mass is 79.9. The predicted octanol–water partition coefficient (Wildman–Crippen LogP) is 2.19. The molecule has 3 N–H and O–H groups in total. The van der Waals surface area contributed by atoms with Crippen molar-refractivity contribution < 1.29 is 0 Å². The molecule has 0 aliphatic carbocycles. The molecule has 0 bridgehead atoms. The number of hydrazine groups is 1. The van der Waals surface area contributed by atoms with Crippen LogP contribution in [0, 0.1) is 0 Å². The molecule has 5 heteroatoms. The Labute approximate surface area is 95.7 Å². The summed E-state index contributed by atoms with van der Waals surface area (Å²) in [7, 11) is 0. The van der Waals surface area contributed by atoms with E-state index < -0.39 is 0 Å². The van der Waals surface area contributed by atoms with E-state index in [1.165, 1.54) is 0 Å². The highest BCUT2D eigenvalue weighted by Crippen LogP contribution is 2.25. The summed E-state index contributed by atoms with van der Waals surface area (Å²) in [4.78, 5) is 8.13. The van der Waals surface area contributed by atoms with Crippen molar-refractivity contribution in [3.05, 3.63) is 41.3 Å². The normalized spacial score (nSPS) is 10.0. The summed E-state index contributed by atoms with van der Waals surface area (Å²) in [5.41, 5.74) is 4.59. The molecule has 2 heterocycles. The minimum Gasteiger partial charge on any atom is -0.308 e. The number of halogens is 1. The zero-order chi connectivity index (χ0) is 10.7. The maximum Gasteiger partial charge on any atom is 0.154 e. The van der Waals surface area contributed by atoms with Crippen LogP contribution in [0.15, 0.2) is 41.3 Å². The van der Waals surface area contributed by atoms with E-state index in [4.69, 9.17) is 5.84 Å². The van der Waals surface area contributed by atoms with Crippen LogP contribution in [0.1, 0.15) is 0 Å². The van der Waals surface area contributed by atoms with Crippen molar-refractivity contribution in [1.82, 2.24) is 9.97 Å². The fourth-order valence-electron chi connectivity index (χ4n) is 1.25. The number of anilines is 1. The van der Waals surface area contributed by atoms with Gasteiger partial charge >= 0.3 is 0 Å². The zero-order valence-corrected chi connectivity index (χ0v) is 9.40. The van der Waals surface area contributed by atoms with Crippen LogP contribution in [0.5, 0.6) is 0 Å². The lowest BCUT2D eigenvalue weighted by Crippen LogP contribution is -2.08. The van der Waals surface area contributed by atoms with Crippen LogP contribution in [0.3, 0.4) is 0 Å². The molecule has 0 atom stereocenters. The second-order valence-corrected chi connectivity index (χ2v) is 3.79. The fourth-order valence-corrected chi connectivity index (χ4v) is 1.71. The minimum absolute atomic E-state index is 0.618. The topological polar surface area (TPSA) is 63.8 Å². The maximum atomic E-state index is 5.29. The molecule has 0 saturated carbocycles. The Morgan fingerprint density at radius 3 is 2.53 bits per heavy atom. The number of nitrogen functional groups attached to an aromatic ring is 1. The van der Waals surface area contributed by atoms with E-state index in [0.717, 1.165) is 15.6 Å². The molecule has 2 rings (SSSR count). The molecule has 0 aliphatic rings. The first kappa shape index (κ1) is 10.1. The third kappa shape index (κ3) is 2.14. The summed E-state index contributed by atoms with van der Waals surface area (Å²) in [6.07, 6.45) is 5.26. The van der Waals surface area contributed by atoms with E-state index in [2.05, 4.69) is 31.3 Å². The van der Waals surface area contributed by atoms with E-state index in [-0.39, 0.29) is 0 Å². The molecule has 0 saturated heterocycles. The molecule has 0 aromatic carbocycles. The van der Waals surface area contributed by atoms with Gasteiger partial charge in [0.15, 0.2) is 5.82 Å². The second-order valence-electron chi connectivity index (χ2n) is 2.93. The number of nitrogens with two attached hydrogens (primary N) is 1. The lowest BCUT2D eigenvalue weighted by atomic mass is 10.1. The van der Waals surface area contributed by atoms with Gasteiger partial charge in [0.2, 0.25) is 0 Å². The van der Waals surface area contributed by atoms with E-state index in [9.17, 15) is 0 Å². The van der Waals surface area contributed by atoms with Gasteiger partial charge in [-0.3, -0.25) is 4.98 Å². The molecule has 76 valence electrons. The van der Waals surface area contributed by atoms with Gasteiger partial charge in [-0.25, -0.2) is 10.8 Å². The molecular weight excluding hydrogens is 256 g/mol. The Balaban J connectivity index is 2.43. The molecular formula is C10H9BrN4. The predicted molar refractivity (Wildman–Crippen MR) is 63.0 cm³/mol. The molecule has 2 aromatic rings. The van der Waals surface area contributed by atoms with Gasteiger partial charge in [0.25, 0.3) is 0 Å². The third-order valence-electron chi connectivity index (χ3n) is 1.99. The minimum atomic E-state index is 0.618. The Kier molecular flexibility index (Phi) is 2.94. The number of hydrogen-bond donors (Lipinski definition) is 2. The summed E-state index contributed by atoms with van der Waals surface area (Å²) in [5.74, 6) is 5.91. The monoisotopic (exact) mass is 264 g/mol. The lowest BCUT2D eigenvalue weighted by molar-refractivity contribution is 1.21. The third-order valence-corrected chi connectivity index (χ3v) is 2.60. The quantitative estimate of drug-likeness (QED) is 0.645. The van der Waals surface area contributed by atoms with Crippen molar-refractivity contribution in [3.63, 3.8) is 0 Å². The van der Waals surface area contributed by atoms with Gasteiger partial charge in [-0.15, -0.1) is 0 Å². The van der Waals surface area contributed by atoms with Gasteiger partial charge in [-0.05, 0) is 39.7 Å². The Bertz CT molecular complexity index is 458. The molecule has 0 fully saturated rings. The van der Waals surface area contributed by atoms with E-state index in [1.54, 1.807) is 18.6 Å². The van der Waals surface area contributed by atoms with Crippen LogP contribution in [0.2, 0.25) is 0 Å². The number of aromatic nitrogens is 2. The molecule has 15 heavy (non-hydrogen) atoms. The van der Waals surface area contributed by atoms with Crippen molar-refractivity contribution in [1.29, 1.82) is 0 Å². The maximum absolute atomic E-state index is 5.29. The van der Waals surface area contributed by atoms with Gasteiger partial charge in [0, 0.05) is 24.2 Å². The lowest BCUT2D eigenvalue weighted by Gasteiger charge is -2.05. The van der Waals surface area contributed by atoms with E-state index in [0.29, 0.717) is 5.82 Å². The molecule has 0 amide bonds. The Morgan fingerprint density at radius 1 is 1.20 bits per heavy atom. The van der Waals surface area contributed by atoms with Gasteiger partial charge in [-0.1, -0.05) is 0 Å². The number of hydrogen-bond acceptors (Lipinski definition) is 4. The second kappa shape index (κ2) is 4.37. The summed E-state index contributed by atoms with van der Waals surface area (Å²) in [5, 5.41) is 0. The smallest absolute Gasteiger partial charge is 0.154 e. The Hall–Kier alpha value is -1.46. The number of rotatable bonds is 2. The number of nitrogens with one attached hydrogen (secondary N) is 1. The Morgan fingerprint density at radius 2 is 1.93 bits per heavy atom. The average Bonchev–Trinajstić information content (AvgIpc) is 2.30. The van der Waals surface area contributed by atoms with Crippen molar-refractivity contribution in [3.8, 4) is 11.1 Å². The first-order valence-electron chi connectivity index (χ1n) is 4.34. The van der Waals surface area contributed by atoms with Crippen molar-refractivity contribution >= 4 is 21.7 Å². The molecule has 0 aliphatic heterocycles. The van der Waals surface area contributed by atoms with E-state index >= 15 is 0 Å². The summed E-state index contributed by atoms with van der Waals surface area (Å²) in [6.45, 7) is 0. The summed E-state index contributed by atoms with van der Waals surface area (Å²) >= 11 is 3.38. The highest BCUT2D eigenvalue weighted by Gasteiger charge is 2.02. The van der Waals surface area contributed by atoms with Crippen LogP contribution in [-0.2, 0) is 0 Å². The van der Waals surface area contributed by atoms with Gasteiger partial charge in [-0.2, -0.15) is 0 Å². The molecule has 0 unspecified atom stereocenters. The molecule has 4 nitrogen and oxygen atoms in total. The average molecular weight is 265 g/mol. The van der Waals surface area contributed by atoms with Crippen molar-refractivity contribution in [2.75, 3.05) is 5.43 Å². The zero-order valence-electron chi connectivity index (χ0n) is 7.81. The highest BCUT2D eigenvalue weighted by molar-refractivity contribution is 9.10. The van der Waals surface area contributed by atoms with Crippen LogP contribution in [-0.4, -0.2) is 9.97 Å². The van der Waals surface area contributed by atoms with Gasteiger partial charge in [0.05, 0.1) is 4.47 Å². The largest absolute Gasteiger partial charge is 0.308 e. The first-order valence-corrected chi connectivity index (χ1v) is 5.13. The SMILES string of the molecule is NNc1ncc(-c2ccncc2)cc1Br. The van der Waals surface area contributed by atoms with Gasteiger partial charge in [0.1, 0.15) is 0 Å². The number of nitrogens with zero attached hydrogens (tertiary/aromatic N) is 2. The summed E-state index contributed by atoms with van der Waals surface area (Å²) in [6, 6.07) is 5.82. The van der Waals surface area contributed by atoms with Gasteiger partial charge < -0.3 is 5.43 Å². The molecule has 0 spiro atoms. The number of pyridine rings is 2. The molecule has 2 aromatic heterocycles. The fraction of sp³-hybridized carbons (Fsp3) is 0. The van der Waals surface area contributed by atoms with Crippen LogP contribution < -0.4 is 11.3 Å². The van der Waals surface area contributed by atoms with Crippen LogP contribution >= 0.6 is 15.9 Å². The first-order chi connectivity index (χ1) is 7.31. The van der Waals surface area contributed by atoms with E-state index in [1.807, 2.05) is 18.2 Å². The van der Waals surface area contributed by atoms with Crippen molar-refractivity contribution in [2.24, 2.45) is 5.84 Å². The van der Waals surface area contributed by atoms with Crippen LogP contribution in [0.25, 0.3) is 11.1 Å². The molecule has 0 radical (unpaired) electrons. The standard InChI is InChI=1S/C10H9BrN4/c11-9-5-8(6-14-10(9)15-12)7-1-3-13-4-2-7/h1-6H,12H2,(H,14,15). The summed E-state index contributed by atoms with van der Waals surface area (Å²) < 4.78 is 0.833. The van der Waals surface area contributed by atoms with Crippen LogP contribution in [0.4, 0.5) is 5.82 Å². The van der Waals surface area contributed by atoms with Crippen molar-refractivity contribution in [2.45, 2.75) is 0 Å².